The molecule has 1 aromatic carbocycles. The third-order valence-electron chi connectivity index (χ3n) is 3.68. The lowest BCUT2D eigenvalue weighted by atomic mass is 10.2. The monoisotopic (exact) mass is 456 g/mol. The van der Waals surface area contributed by atoms with E-state index in [1.54, 1.807) is 6.07 Å². The van der Waals surface area contributed by atoms with Gasteiger partial charge >= 0.3 is 0 Å². The molecule has 0 aliphatic carbocycles. The number of amides is 1. The van der Waals surface area contributed by atoms with Crippen molar-refractivity contribution in [3.05, 3.63) is 27.6 Å². The predicted molar refractivity (Wildman–Crippen MR) is 92.2 cm³/mol. The van der Waals surface area contributed by atoms with Crippen LogP contribution in [0.4, 0.5) is 4.39 Å². The van der Waals surface area contributed by atoms with Crippen molar-refractivity contribution >= 4 is 38.5 Å². The molecular formula is C14H18FIN2O4S. The normalized spacial score (nSPS) is 22.1. The Morgan fingerprint density at radius 1 is 1.52 bits per heavy atom. The van der Waals surface area contributed by atoms with Crippen LogP contribution in [0.5, 0.6) is 5.75 Å². The van der Waals surface area contributed by atoms with Crippen molar-refractivity contribution in [3.63, 3.8) is 0 Å². The molecule has 0 unspecified atom stereocenters. The first-order chi connectivity index (χ1) is 10.8. The van der Waals surface area contributed by atoms with E-state index in [1.807, 2.05) is 22.6 Å². The maximum Gasteiger partial charge on any atom is 0.238 e. The average Bonchev–Trinajstić information content (AvgIpc) is 2.94. The number of rotatable bonds is 5. The molecule has 6 nitrogen and oxygen atoms in total. The zero-order chi connectivity index (χ0) is 17.2. The van der Waals surface area contributed by atoms with Crippen LogP contribution in [0.15, 0.2) is 18.2 Å². The summed E-state index contributed by atoms with van der Waals surface area (Å²) in [5.41, 5.74) is 0. The Morgan fingerprint density at radius 2 is 2.22 bits per heavy atom. The van der Waals surface area contributed by atoms with Crippen molar-refractivity contribution in [2.75, 3.05) is 19.3 Å². The minimum absolute atomic E-state index is 0.0275. The van der Waals surface area contributed by atoms with Gasteiger partial charge in [-0.25, -0.2) is 12.8 Å². The molecule has 0 bridgehead atoms. The average molecular weight is 456 g/mol. The summed E-state index contributed by atoms with van der Waals surface area (Å²) in [6.07, 6.45) is -0.391. The van der Waals surface area contributed by atoms with Gasteiger partial charge in [0.1, 0.15) is 12.1 Å². The first kappa shape index (κ1) is 18.4. The summed E-state index contributed by atoms with van der Waals surface area (Å²) in [7, 11) is -2.10. The Kier molecular flexibility index (Phi) is 5.84. The number of benzene rings is 1. The number of nitrogens with one attached hydrogen (secondary N) is 1. The number of nitrogens with zero attached hydrogens (tertiary/aromatic N) is 1. The van der Waals surface area contributed by atoms with E-state index in [9.17, 15) is 17.6 Å². The molecule has 1 aliphatic rings. The lowest BCUT2D eigenvalue weighted by Crippen LogP contribution is -2.45. The summed E-state index contributed by atoms with van der Waals surface area (Å²) in [5, 5.41) is 2.46. The Morgan fingerprint density at radius 3 is 2.78 bits per heavy atom. The highest BCUT2D eigenvalue weighted by Crippen LogP contribution is 2.28. The molecule has 1 heterocycles. The molecule has 1 N–H and O–H groups in total. The van der Waals surface area contributed by atoms with Gasteiger partial charge in [0.25, 0.3) is 0 Å². The highest BCUT2D eigenvalue weighted by atomic mass is 127. The van der Waals surface area contributed by atoms with E-state index < -0.39 is 33.9 Å². The number of likely N-dealkylation sites (N-methyl/N-ethyl adjacent to an activating group) is 1. The maximum absolute atomic E-state index is 13.9. The van der Waals surface area contributed by atoms with Crippen LogP contribution in [0.2, 0.25) is 0 Å². The second kappa shape index (κ2) is 7.31. The Hall–Kier alpha value is -0.940. The molecule has 1 fully saturated rings. The number of halogens is 2. The lowest BCUT2D eigenvalue weighted by molar-refractivity contribution is -0.123. The molecule has 1 amide bonds. The summed E-state index contributed by atoms with van der Waals surface area (Å²) in [4.78, 5) is 11.9. The molecule has 1 saturated heterocycles. The van der Waals surface area contributed by atoms with Crippen molar-refractivity contribution in [1.82, 2.24) is 9.62 Å². The van der Waals surface area contributed by atoms with Gasteiger partial charge in [-0.2, -0.15) is 4.31 Å². The lowest BCUT2D eigenvalue weighted by Gasteiger charge is -2.21. The number of ether oxygens (including phenoxy) is 1. The number of carbonyl (C=O) groups is 1. The third kappa shape index (κ3) is 4.13. The van der Waals surface area contributed by atoms with Crippen LogP contribution in [0.25, 0.3) is 0 Å². The fourth-order valence-electron chi connectivity index (χ4n) is 2.48. The Balaban J connectivity index is 2.21. The van der Waals surface area contributed by atoms with Crippen LogP contribution in [-0.4, -0.2) is 50.1 Å². The SMILES string of the molecule is CCS(=O)(=O)N1C[C@H](Oc2ccc(I)cc2F)C[C@H]1C(=O)NC. The molecular weight excluding hydrogens is 438 g/mol. The van der Waals surface area contributed by atoms with Gasteiger partial charge in [0, 0.05) is 17.0 Å². The Labute approximate surface area is 148 Å². The van der Waals surface area contributed by atoms with Crippen LogP contribution in [0.3, 0.4) is 0 Å². The molecule has 1 aromatic rings. The molecule has 9 heteroatoms. The van der Waals surface area contributed by atoms with Gasteiger partial charge in [0.05, 0.1) is 12.3 Å². The standard InChI is InChI=1S/C14H18FIN2O4S/c1-3-23(20,21)18-8-10(7-12(18)14(19)17-2)22-13-5-4-9(16)6-11(13)15/h4-6,10,12H,3,7-8H2,1-2H3,(H,17,19)/t10-,12+/m1/s1. The van der Waals surface area contributed by atoms with Gasteiger partial charge in [-0.3, -0.25) is 4.79 Å². The topological polar surface area (TPSA) is 75.7 Å². The van der Waals surface area contributed by atoms with E-state index in [1.165, 1.54) is 26.1 Å². The predicted octanol–water partition coefficient (Wildman–Crippen LogP) is 1.35. The first-order valence-corrected chi connectivity index (χ1v) is 9.80. The van der Waals surface area contributed by atoms with Crippen molar-refractivity contribution in [3.8, 4) is 5.75 Å². The molecule has 0 radical (unpaired) electrons. The van der Waals surface area contributed by atoms with Crippen LogP contribution in [0.1, 0.15) is 13.3 Å². The molecule has 0 aromatic heterocycles. The van der Waals surface area contributed by atoms with Gasteiger partial charge in [0.2, 0.25) is 15.9 Å². The molecule has 23 heavy (non-hydrogen) atoms. The summed E-state index contributed by atoms with van der Waals surface area (Å²) in [5.74, 6) is -0.950. The maximum atomic E-state index is 13.9. The van der Waals surface area contributed by atoms with E-state index in [4.69, 9.17) is 4.74 Å². The fourth-order valence-corrected chi connectivity index (χ4v) is 4.23. The second-order valence-electron chi connectivity index (χ2n) is 5.15. The van der Waals surface area contributed by atoms with Crippen molar-refractivity contribution in [2.24, 2.45) is 0 Å². The minimum atomic E-state index is -3.55. The van der Waals surface area contributed by atoms with Crippen molar-refractivity contribution in [1.29, 1.82) is 0 Å². The summed E-state index contributed by atoms with van der Waals surface area (Å²) in [6, 6.07) is 3.71. The first-order valence-electron chi connectivity index (χ1n) is 7.11. The molecule has 1 aliphatic heterocycles. The zero-order valence-electron chi connectivity index (χ0n) is 12.8. The van der Waals surface area contributed by atoms with Crippen LogP contribution >= 0.6 is 22.6 Å². The fraction of sp³-hybridized carbons (Fsp3) is 0.500. The summed E-state index contributed by atoms with van der Waals surface area (Å²) < 4.78 is 45.7. The second-order valence-corrected chi connectivity index (χ2v) is 8.61. The minimum Gasteiger partial charge on any atom is -0.486 e. The molecule has 2 rings (SSSR count). The van der Waals surface area contributed by atoms with Gasteiger partial charge < -0.3 is 10.1 Å². The number of carbonyl (C=O) groups excluding carboxylic acids is 1. The number of hydrogen-bond donors (Lipinski definition) is 1. The van der Waals surface area contributed by atoms with Crippen LogP contribution in [-0.2, 0) is 14.8 Å². The molecule has 0 spiro atoms. The molecule has 0 saturated carbocycles. The highest BCUT2D eigenvalue weighted by molar-refractivity contribution is 14.1. The summed E-state index contributed by atoms with van der Waals surface area (Å²) in [6.45, 7) is 1.54. The highest BCUT2D eigenvalue weighted by Gasteiger charge is 2.43. The third-order valence-corrected chi connectivity index (χ3v) is 6.19. The van der Waals surface area contributed by atoms with Crippen molar-refractivity contribution < 1.29 is 22.3 Å². The zero-order valence-corrected chi connectivity index (χ0v) is 15.7. The van der Waals surface area contributed by atoms with E-state index in [2.05, 4.69) is 5.32 Å². The van der Waals surface area contributed by atoms with Gasteiger partial charge in [0.15, 0.2) is 11.6 Å². The van der Waals surface area contributed by atoms with Crippen LogP contribution in [0, 0.1) is 9.39 Å². The van der Waals surface area contributed by atoms with Crippen molar-refractivity contribution in [2.45, 2.75) is 25.5 Å². The number of hydrogen-bond acceptors (Lipinski definition) is 4. The van der Waals surface area contributed by atoms with E-state index >= 15 is 0 Å². The smallest absolute Gasteiger partial charge is 0.238 e. The quantitative estimate of drug-likeness (QED) is 0.679. The van der Waals surface area contributed by atoms with Gasteiger partial charge in [-0.15, -0.1) is 0 Å². The van der Waals surface area contributed by atoms with Gasteiger partial charge in [-0.1, -0.05) is 0 Å². The van der Waals surface area contributed by atoms with E-state index in [-0.39, 0.29) is 24.5 Å². The summed E-state index contributed by atoms with van der Waals surface area (Å²) >= 11 is 1.99. The molecule has 2 atom stereocenters. The number of sulfonamides is 1. The largest absolute Gasteiger partial charge is 0.486 e. The molecule has 128 valence electrons. The van der Waals surface area contributed by atoms with E-state index in [0.29, 0.717) is 0 Å². The Bertz CT molecular complexity index is 698. The van der Waals surface area contributed by atoms with Gasteiger partial charge in [-0.05, 0) is 47.7 Å². The van der Waals surface area contributed by atoms with Crippen LogP contribution < -0.4 is 10.1 Å². The van der Waals surface area contributed by atoms with E-state index in [0.717, 1.165) is 7.88 Å².